The SMILES string of the molecule is CC1CCN(C2CCC(C(C)(C)C)CC2)CC1CN. The quantitative estimate of drug-likeness (QED) is 0.829. The van der Waals surface area contributed by atoms with Crippen LogP contribution in [0.2, 0.25) is 0 Å². The van der Waals surface area contributed by atoms with Crippen LogP contribution < -0.4 is 5.73 Å². The van der Waals surface area contributed by atoms with E-state index in [0.717, 1.165) is 30.3 Å². The molecule has 2 unspecified atom stereocenters. The fourth-order valence-corrected chi connectivity index (χ4v) is 4.12. The second kappa shape index (κ2) is 6.13. The number of rotatable bonds is 2. The highest BCUT2D eigenvalue weighted by atomic mass is 15.2. The Bertz CT molecular complexity index is 273. The Hall–Kier alpha value is -0.0800. The molecule has 2 rings (SSSR count). The van der Waals surface area contributed by atoms with Gasteiger partial charge < -0.3 is 10.6 Å². The van der Waals surface area contributed by atoms with Gasteiger partial charge in [0.1, 0.15) is 0 Å². The van der Waals surface area contributed by atoms with Crippen LogP contribution in [0.1, 0.15) is 59.8 Å². The molecule has 0 spiro atoms. The zero-order valence-corrected chi connectivity index (χ0v) is 13.5. The van der Waals surface area contributed by atoms with E-state index in [4.69, 9.17) is 5.73 Å². The molecule has 1 heterocycles. The summed E-state index contributed by atoms with van der Waals surface area (Å²) < 4.78 is 0. The van der Waals surface area contributed by atoms with Crippen molar-refractivity contribution in [2.24, 2.45) is 28.9 Å². The highest BCUT2D eigenvalue weighted by molar-refractivity contribution is 4.88. The fraction of sp³-hybridized carbons (Fsp3) is 1.00. The van der Waals surface area contributed by atoms with E-state index in [1.165, 1.54) is 45.2 Å². The van der Waals surface area contributed by atoms with Crippen LogP contribution in [0.25, 0.3) is 0 Å². The monoisotopic (exact) mass is 266 g/mol. The van der Waals surface area contributed by atoms with E-state index in [-0.39, 0.29) is 0 Å². The third-order valence-electron chi connectivity index (χ3n) is 5.89. The molecule has 0 bridgehead atoms. The lowest BCUT2D eigenvalue weighted by Crippen LogP contribution is -2.48. The van der Waals surface area contributed by atoms with Crippen molar-refractivity contribution >= 4 is 0 Å². The number of likely N-dealkylation sites (tertiary alicyclic amines) is 1. The first-order chi connectivity index (χ1) is 8.91. The van der Waals surface area contributed by atoms with Crippen LogP contribution in [0.5, 0.6) is 0 Å². The molecule has 19 heavy (non-hydrogen) atoms. The van der Waals surface area contributed by atoms with Gasteiger partial charge in [-0.25, -0.2) is 0 Å². The van der Waals surface area contributed by atoms with E-state index in [1.54, 1.807) is 0 Å². The van der Waals surface area contributed by atoms with Gasteiger partial charge in [-0.3, -0.25) is 0 Å². The van der Waals surface area contributed by atoms with Crippen molar-refractivity contribution in [3.8, 4) is 0 Å². The molecular formula is C17H34N2. The molecular weight excluding hydrogens is 232 g/mol. The number of piperidine rings is 1. The smallest absolute Gasteiger partial charge is 0.00955 e. The first kappa shape index (κ1) is 15.3. The summed E-state index contributed by atoms with van der Waals surface area (Å²) in [5, 5.41) is 0. The molecule has 2 nitrogen and oxygen atoms in total. The summed E-state index contributed by atoms with van der Waals surface area (Å²) >= 11 is 0. The van der Waals surface area contributed by atoms with Crippen LogP contribution in [0, 0.1) is 23.2 Å². The predicted octanol–water partition coefficient (Wildman–Crippen LogP) is 3.51. The molecule has 1 saturated heterocycles. The van der Waals surface area contributed by atoms with Gasteiger partial charge >= 0.3 is 0 Å². The number of nitrogens with two attached hydrogens (primary N) is 1. The van der Waals surface area contributed by atoms with Gasteiger partial charge in [0.25, 0.3) is 0 Å². The van der Waals surface area contributed by atoms with Crippen molar-refractivity contribution in [1.29, 1.82) is 0 Å². The average molecular weight is 266 g/mol. The van der Waals surface area contributed by atoms with Gasteiger partial charge in [-0.05, 0) is 68.4 Å². The van der Waals surface area contributed by atoms with Gasteiger partial charge in [0.2, 0.25) is 0 Å². The van der Waals surface area contributed by atoms with Crippen LogP contribution in [-0.2, 0) is 0 Å². The molecule has 2 heteroatoms. The normalized spacial score (nSPS) is 38.4. The first-order valence-corrected chi connectivity index (χ1v) is 8.36. The van der Waals surface area contributed by atoms with Gasteiger partial charge in [0, 0.05) is 12.6 Å². The van der Waals surface area contributed by atoms with Crippen molar-refractivity contribution in [2.75, 3.05) is 19.6 Å². The summed E-state index contributed by atoms with van der Waals surface area (Å²) in [5.41, 5.74) is 6.44. The summed E-state index contributed by atoms with van der Waals surface area (Å²) in [5.74, 6) is 2.49. The molecule has 0 aromatic carbocycles. The largest absolute Gasteiger partial charge is 0.330 e. The van der Waals surface area contributed by atoms with Crippen molar-refractivity contribution in [3.05, 3.63) is 0 Å². The van der Waals surface area contributed by atoms with Crippen molar-refractivity contribution in [1.82, 2.24) is 4.90 Å². The van der Waals surface area contributed by atoms with Gasteiger partial charge in [-0.2, -0.15) is 0 Å². The summed E-state index contributed by atoms with van der Waals surface area (Å²) in [7, 11) is 0. The molecule has 1 aliphatic heterocycles. The van der Waals surface area contributed by atoms with E-state index in [0.29, 0.717) is 5.41 Å². The van der Waals surface area contributed by atoms with Crippen LogP contribution >= 0.6 is 0 Å². The second-order valence-electron chi connectivity index (χ2n) is 8.13. The highest BCUT2D eigenvalue weighted by Crippen LogP contribution is 2.39. The molecule has 2 atom stereocenters. The van der Waals surface area contributed by atoms with Gasteiger partial charge in [0.05, 0.1) is 0 Å². The van der Waals surface area contributed by atoms with Gasteiger partial charge in [-0.1, -0.05) is 27.7 Å². The minimum atomic E-state index is 0.501. The summed E-state index contributed by atoms with van der Waals surface area (Å²) in [6.07, 6.45) is 7.02. The molecule has 1 saturated carbocycles. The Morgan fingerprint density at radius 1 is 1.05 bits per heavy atom. The molecule has 2 fully saturated rings. The molecule has 0 aromatic rings. The Morgan fingerprint density at radius 2 is 1.68 bits per heavy atom. The van der Waals surface area contributed by atoms with Crippen molar-refractivity contribution in [3.63, 3.8) is 0 Å². The lowest BCUT2D eigenvalue weighted by molar-refractivity contribution is 0.0485. The maximum absolute atomic E-state index is 5.94. The molecule has 1 aliphatic carbocycles. The summed E-state index contributed by atoms with van der Waals surface area (Å²) in [4.78, 5) is 2.76. The average Bonchev–Trinajstić information content (AvgIpc) is 2.38. The minimum absolute atomic E-state index is 0.501. The third-order valence-corrected chi connectivity index (χ3v) is 5.89. The molecule has 0 radical (unpaired) electrons. The number of hydrogen-bond donors (Lipinski definition) is 1. The Kier molecular flexibility index (Phi) is 4.94. The Balaban J connectivity index is 1.85. The maximum atomic E-state index is 5.94. The lowest BCUT2D eigenvalue weighted by atomic mass is 9.71. The van der Waals surface area contributed by atoms with Gasteiger partial charge in [-0.15, -0.1) is 0 Å². The third kappa shape index (κ3) is 3.72. The lowest BCUT2D eigenvalue weighted by Gasteiger charge is -2.45. The topological polar surface area (TPSA) is 29.3 Å². The standard InChI is InChI=1S/C17H34N2/c1-13-9-10-19(12-14(13)11-18)16-7-5-15(6-8-16)17(2,3)4/h13-16H,5-12,18H2,1-4H3. The molecule has 2 aliphatic rings. The molecule has 112 valence electrons. The first-order valence-electron chi connectivity index (χ1n) is 8.36. The van der Waals surface area contributed by atoms with E-state index in [9.17, 15) is 0 Å². The highest BCUT2D eigenvalue weighted by Gasteiger charge is 2.34. The van der Waals surface area contributed by atoms with Crippen molar-refractivity contribution in [2.45, 2.75) is 65.8 Å². The Morgan fingerprint density at radius 3 is 2.21 bits per heavy atom. The number of nitrogens with zero attached hydrogens (tertiary/aromatic N) is 1. The minimum Gasteiger partial charge on any atom is -0.330 e. The summed E-state index contributed by atoms with van der Waals surface area (Å²) in [6, 6.07) is 0.847. The second-order valence-corrected chi connectivity index (χ2v) is 8.13. The van der Waals surface area contributed by atoms with Crippen LogP contribution in [-0.4, -0.2) is 30.6 Å². The van der Waals surface area contributed by atoms with Crippen molar-refractivity contribution < 1.29 is 0 Å². The molecule has 0 amide bonds. The zero-order valence-electron chi connectivity index (χ0n) is 13.5. The van der Waals surface area contributed by atoms with Gasteiger partial charge in [0.15, 0.2) is 0 Å². The van der Waals surface area contributed by atoms with Crippen LogP contribution in [0.4, 0.5) is 0 Å². The van der Waals surface area contributed by atoms with Crippen LogP contribution in [0.15, 0.2) is 0 Å². The molecule has 0 aromatic heterocycles. The number of hydrogen-bond acceptors (Lipinski definition) is 2. The maximum Gasteiger partial charge on any atom is 0.00955 e. The fourth-order valence-electron chi connectivity index (χ4n) is 4.12. The zero-order chi connectivity index (χ0) is 14.0. The summed E-state index contributed by atoms with van der Waals surface area (Å²) in [6.45, 7) is 13.0. The van der Waals surface area contributed by atoms with E-state index in [1.807, 2.05) is 0 Å². The van der Waals surface area contributed by atoms with E-state index in [2.05, 4.69) is 32.6 Å². The van der Waals surface area contributed by atoms with E-state index >= 15 is 0 Å². The van der Waals surface area contributed by atoms with Crippen LogP contribution in [0.3, 0.4) is 0 Å². The predicted molar refractivity (Wildman–Crippen MR) is 83.1 cm³/mol. The molecule has 2 N–H and O–H groups in total. The Labute approximate surface area is 120 Å². The van der Waals surface area contributed by atoms with E-state index < -0.39 is 0 Å².